The molecule has 2 N–H and O–H groups in total. The third-order valence-electron chi connectivity index (χ3n) is 5.81. The molecule has 0 aliphatic heterocycles. The number of rotatable bonds is 8. The maximum Gasteiger partial charge on any atom is 0.254 e. The van der Waals surface area contributed by atoms with Crippen molar-refractivity contribution < 1.29 is 13.3 Å². The smallest absolute Gasteiger partial charge is 0.254 e. The van der Waals surface area contributed by atoms with Crippen molar-refractivity contribution >= 4 is 28.2 Å². The fourth-order valence-electron chi connectivity index (χ4n) is 3.89. The highest BCUT2D eigenvalue weighted by molar-refractivity contribution is 7.87. The Balaban J connectivity index is 1.55. The fourth-order valence-corrected chi connectivity index (χ4v) is 5.25. The standard InChI is InChI=1S/C25H28FN3O3S/c1-5-32-18-9-7-17(8-10-18)19-14-23(19)33(31)28-22-13-16(3)25(30)29(4)24(22)27-21-11-6-15(2)12-20(21)26/h6-13,19,23,27-28H,5,14H2,1-4H3. The summed E-state index contributed by atoms with van der Waals surface area (Å²) in [5.41, 5.74) is 2.95. The van der Waals surface area contributed by atoms with Gasteiger partial charge in [0, 0.05) is 18.5 Å². The summed E-state index contributed by atoms with van der Waals surface area (Å²) in [6.07, 6.45) is 0.799. The van der Waals surface area contributed by atoms with E-state index in [4.69, 9.17) is 4.74 Å². The van der Waals surface area contributed by atoms with Crippen LogP contribution in [-0.4, -0.2) is 20.6 Å². The fraction of sp³-hybridized carbons (Fsp3) is 0.320. The summed E-state index contributed by atoms with van der Waals surface area (Å²) in [6, 6.07) is 14.4. The Hall–Kier alpha value is -3.13. The molecule has 1 aliphatic rings. The third kappa shape index (κ3) is 4.95. The van der Waals surface area contributed by atoms with Gasteiger partial charge in [0.05, 0.1) is 23.2 Å². The summed E-state index contributed by atoms with van der Waals surface area (Å²) in [4.78, 5) is 12.5. The second-order valence-corrected chi connectivity index (χ2v) is 9.75. The predicted molar refractivity (Wildman–Crippen MR) is 131 cm³/mol. The highest BCUT2D eigenvalue weighted by atomic mass is 32.2. The first-order valence-electron chi connectivity index (χ1n) is 10.9. The van der Waals surface area contributed by atoms with E-state index in [1.807, 2.05) is 31.2 Å². The van der Waals surface area contributed by atoms with Crippen LogP contribution in [0.2, 0.25) is 0 Å². The Morgan fingerprint density at radius 1 is 1.12 bits per heavy atom. The highest BCUT2D eigenvalue weighted by Gasteiger charge is 2.43. The molecule has 0 amide bonds. The van der Waals surface area contributed by atoms with E-state index in [2.05, 4.69) is 10.0 Å². The molecule has 174 valence electrons. The molecule has 1 aliphatic carbocycles. The van der Waals surface area contributed by atoms with Crippen LogP contribution in [0.3, 0.4) is 0 Å². The van der Waals surface area contributed by atoms with Crippen molar-refractivity contribution in [2.45, 2.75) is 38.4 Å². The minimum atomic E-state index is -1.38. The quantitative estimate of drug-likeness (QED) is 0.491. The Bertz CT molecular complexity index is 1260. The summed E-state index contributed by atoms with van der Waals surface area (Å²) < 4.78 is 37.6. The van der Waals surface area contributed by atoms with Crippen molar-refractivity contribution in [3.05, 3.63) is 81.4 Å². The first kappa shape index (κ1) is 23.0. The van der Waals surface area contributed by atoms with Gasteiger partial charge >= 0.3 is 0 Å². The number of hydrogen-bond acceptors (Lipinski definition) is 4. The third-order valence-corrected chi connectivity index (χ3v) is 7.30. The number of pyridine rings is 1. The average molecular weight is 470 g/mol. The molecule has 4 rings (SSSR count). The molecular weight excluding hydrogens is 441 g/mol. The Kier molecular flexibility index (Phi) is 6.56. The zero-order valence-corrected chi connectivity index (χ0v) is 20.0. The lowest BCUT2D eigenvalue weighted by Crippen LogP contribution is -2.24. The van der Waals surface area contributed by atoms with Crippen LogP contribution >= 0.6 is 0 Å². The lowest BCUT2D eigenvalue weighted by atomic mass is 10.1. The van der Waals surface area contributed by atoms with E-state index in [-0.39, 0.29) is 22.4 Å². The molecule has 8 heteroatoms. The van der Waals surface area contributed by atoms with E-state index >= 15 is 0 Å². The first-order valence-corrected chi connectivity index (χ1v) is 12.1. The zero-order valence-electron chi connectivity index (χ0n) is 19.1. The van der Waals surface area contributed by atoms with Crippen molar-refractivity contribution in [3.8, 4) is 5.75 Å². The van der Waals surface area contributed by atoms with E-state index < -0.39 is 16.8 Å². The lowest BCUT2D eigenvalue weighted by Gasteiger charge is -2.18. The second kappa shape index (κ2) is 9.39. The molecule has 33 heavy (non-hydrogen) atoms. The number of benzene rings is 2. The molecule has 3 atom stereocenters. The number of nitrogens with zero attached hydrogens (tertiary/aromatic N) is 1. The molecule has 1 heterocycles. The minimum absolute atomic E-state index is 0.0514. The van der Waals surface area contributed by atoms with Gasteiger partial charge in [0.2, 0.25) is 0 Å². The SMILES string of the molecule is CCOc1ccc(C2CC2S(=O)Nc2cc(C)c(=O)n(C)c2Nc2ccc(C)cc2F)cc1. The zero-order chi connectivity index (χ0) is 23.7. The van der Waals surface area contributed by atoms with Crippen molar-refractivity contribution in [2.24, 2.45) is 7.05 Å². The van der Waals surface area contributed by atoms with Gasteiger partial charge in [-0.3, -0.25) is 9.36 Å². The van der Waals surface area contributed by atoms with E-state index in [0.29, 0.717) is 23.7 Å². The highest BCUT2D eigenvalue weighted by Crippen LogP contribution is 2.45. The van der Waals surface area contributed by atoms with Crippen LogP contribution in [0.5, 0.6) is 5.75 Å². The van der Waals surface area contributed by atoms with E-state index in [1.165, 1.54) is 10.6 Å². The lowest BCUT2D eigenvalue weighted by molar-refractivity contribution is 0.340. The first-order chi connectivity index (χ1) is 15.8. The van der Waals surface area contributed by atoms with Crippen molar-refractivity contribution in [1.82, 2.24) is 4.57 Å². The molecular formula is C25H28FN3O3S. The molecule has 0 saturated heterocycles. The van der Waals surface area contributed by atoms with Crippen LogP contribution in [0.1, 0.15) is 36.0 Å². The topological polar surface area (TPSA) is 72.4 Å². The van der Waals surface area contributed by atoms with Gasteiger partial charge in [-0.05, 0) is 68.7 Å². The summed E-state index contributed by atoms with van der Waals surface area (Å²) in [6.45, 7) is 6.06. The van der Waals surface area contributed by atoms with Gasteiger partial charge < -0.3 is 14.8 Å². The van der Waals surface area contributed by atoms with Crippen molar-refractivity contribution in [2.75, 3.05) is 16.6 Å². The van der Waals surface area contributed by atoms with E-state index in [1.54, 1.807) is 39.1 Å². The van der Waals surface area contributed by atoms with E-state index in [9.17, 15) is 13.4 Å². The normalized spacial score (nSPS) is 18.0. The molecule has 0 spiro atoms. The number of anilines is 3. The molecule has 2 aromatic carbocycles. The van der Waals surface area contributed by atoms with Crippen molar-refractivity contribution in [3.63, 3.8) is 0 Å². The van der Waals surface area contributed by atoms with Gasteiger partial charge in [-0.15, -0.1) is 0 Å². The molecule has 1 saturated carbocycles. The monoisotopic (exact) mass is 469 g/mol. The number of nitrogens with one attached hydrogen (secondary N) is 2. The van der Waals surface area contributed by atoms with Crippen LogP contribution in [0, 0.1) is 19.7 Å². The number of hydrogen-bond donors (Lipinski definition) is 2. The molecule has 0 radical (unpaired) electrons. The van der Waals surface area contributed by atoms with E-state index in [0.717, 1.165) is 23.3 Å². The van der Waals surface area contributed by atoms with Crippen LogP contribution in [-0.2, 0) is 18.0 Å². The van der Waals surface area contributed by atoms with Gasteiger partial charge in [0.1, 0.15) is 28.4 Å². The van der Waals surface area contributed by atoms with Crippen molar-refractivity contribution in [1.29, 1.82) is 0 Å². The summed E-state index contributed by atoms with van der Waals surface area (Å²) in [7, 11) is 0.227. The number of aryl methyl sites for hydroxylation is 2. The van der Waals surface area contributed by atoms with Crippen LogP contribution in [0.15, 0.2) is 53.3 Å². The van der Waals surface area contributed by atoms with Crippen LogP contribution < -0.4 is 20.3 Å². The molecule has 3 aromatic rings. The summed E-state index contributed by atoms with van der Waals surface area (Å²) in [5.74, 6) is 0.943. The largest absolute Gasteiger partial charge is 0.494 e. The Morgan fingerprint density at radius 2 is 1.85 bits per heavy atom. The average Bonchev–Trinajstić information content (AvgIpc) is 3.58. The predicted octanol–water partition coefficient (Wildman–Crippen LogP) is 4.92. The molecule has 3 unspecified atom stereocenters. The molecule has 1 aromatic heterocycles. The number of aromatic nitrogens is 1. The van der Waals surface area contributed by atoms with Crippen LogP contribution in [0.25, 0.3) is 0 Å². The summed E-state index contributed by atoms with van der Waals surface area (Å²) in [5, 5.41) is 2.96. The molecule has 1 fully saturated rings. The minimum Gasteiger partial charge on any atom is -0.494 e. The Morgan fingerprint density at radius 3 is 2.52 bits per heavy atom. The number of halogens is 1. The van der Waals surface area contributed by atoms with Gasteiger partial charge in [-0.1, -0.05) is 18.2 Å². The van der Waals surface area contributed by atoms with Crippen LogP contribution in [0.4, 0.5) is 21.6 Å². The molecule has 0 bridgehead atoms. The van der Waals surface area contributed by atoms with Gasteiger partial charge in [-0.2, -0.15) is 0 Å². The second-order valence-electron chi connectivity index (χ2n) is 8.34. The van der Waals surface area contributed by atoms with Gasteiger partial charge in [0.15, 0.2) is 0 Å². The van der Waals surface area contributed by atoms with Gasteiger partial charge in [-0.25, -0.2) is 8.60 Å². The summed E-state index contributed by atoms with van der Waals surface area (Å²) >= 11 is 0. The molecule has 6 nitrogen and oxygen atoms in total. The van der Waals surface area contributed by atoms with Gasteiger partial charge in [0.25, 0.3) is 5.56 Å². The maximum absolute atomic E-state index is 14.5. The Labute approximate surface area is 195 Å². The maximum atomic E-state index is 14.5. The number of ether oxygens (including phenoxy) is 1.